The summed E-state index contributed by atoms with van der Waals surface area (Å²) in [6.45, 7) is 6.30. The van der Waals surface area contributed by atoms with Gasteiger partial charge in [0.25, 0.3) is 0 Å². The van der Waals surface area contributed by atoms with Gasteiger partial charge in [-0.2, -0.15) is 0 Å². The molecule has 0 spiro atoms. The molecule has 14 heavy (non-hydrogen) atoms. The Balaban J connectivity index is 2.52. The Bertz CT molecular complexity index is 208. The molecule has 3 heteroatoms. The van der Waals surface area contributed by atoms with Crippen molar-refractivity contribution in [2.75, 3.05) is 6.54 Å². The lowest BCUT2D eigenvalue weighted by Gasteiger charge is -2.24. The number of nitrogens with two attached hydrogens (primary N) is 1. The summed E-state index contributed by atoms with van der Waals surface area (Å²) >= 11 is 0. The number of esters is 1. The standard InChI is InChI=1S/C11H21NO2/c1-11(2,3)14-10(13)9-6-4-5-8(9)7-12/h8-9H,4-7,12H2,1-3H3. The molecule has 0 aliphatic heterocycles. The first-order valence-electron chi connectivity index (χ1n) is 5.37. The molecule has 3 nitrogen and oxygen atoms in total. The molecular weight excluding hydrogens is 178 g/mol. The van der Waals surface area contributed by atoms with E-state index in [0.717, 1.165) is 19.3 Å². The molecule has 0 aromatic rings. The molecule has 0 aromatic carbocycles. The van der Waals surface area contributed by atoms with Crippen LogP contribution in [-0.2, 0) is 9.53 Å². The van der Waals surface area contributed by atoms with Crippen molar-refractivity contribution in [2.45, 2.75) is 45.6 Å². The lowest BCUT2D eigenvalue weighted by atomic mass is 9.96. The SMILES string of the molecule is CC(C)(C)OC(=O)C1CCCC1CN. The third-order valence-electron chi connectivity index (χ3n) is 2.67. The van der Waals surface area contributed by atoms with E-state index in [1.165, 1.54) is 0 Å². The lowest BCUT2D eigenvalue weighted by Crippen LogP contribution is -2.32. The van der Waals surface area contributed by atoms with Gasteiger partial charge in [-0.25, -0.2) is 0 Å². The molecule has 2 unspecified atom stereocenters. The van der Waals surface area contributed by atoms with Crippen molar-refractivity contribution in [1.29, 1.82) is 0 Å². The van der Waals surface area contributed by atoms with Gasteiger partial charge in [-0.15, -0.1) is 0 Å². The highest BCUT2D eigenvalue weighted by Crippen LogP contribution is 2.32. The molecule has 1 saturated carbocycles. The van der Waals surface area contributed by atoms with E-state index < -0.39 is 0 Å². The summed E-state index contributed by atoms with van der Waals surface area (Å²) in [4.78, 5) is 11.8. The molecule has 2 atom stereocenters. The maximum Gasteiger partial charge on any atom is 0.309 e. The number of ether oxygens (including phenoxy) is 1. The van der Waals surface area contributed by atoms with Crippen LogP contribution >= 0.6 is 0 Å². The monoisotopic (exact) mass is 199 g/mol. The lowest BCUT2D eigenvalue weighted by molar-refractivity contribution is -0.161. The smallest absolute Gasteiger partial charge is 0.309 e. The molecule has 0 bridgehead atoms. The minimum Gasteiger partial charge on any atom is -0.460 e. The molecule has 0 heterocycles. The molecule has 82 valence electrons. The van der Waals surface area contributed by atoms with Crippen LogP contribution in [-0.4, -0.2) is 18.1 Å². The number of hydrogen-bond acceptors (Lipinski definition) is 3. The zero-order chi connectivity index (χ0) is 10.8. The van der Waals surface area contributed by atoms with Gasteiger partial charge in [0.15, 0.2) is 0 Å². The molecule has 0 amide bonds. The van der Waals surface area contributed by atoms with Crippen LogP contribution in [0.15, 0.2) is 0 Å². The van der Waals surface area contributed by atoms with Crippen molar-refractivity contribution in [3.8, 4) is 0 Å². The summed E-state index contributed by atoms with van der Waals surface area (Å²) in [5.41, 5.74) is 5.24. The van der Waals surface area contributed by atoms with E-state index in [9.17, 15) is 4.79 Å². The summed E-state index contributed by atoms with van der Waals surface area (Å²) in [6, 6.07) is 0. The number of rotatable bonds is 2. The Hall–Kier alpha value is -0.570. The minimum absolute atomic E-state index is 0.0409. The zero-order valence-electron chi connectivity index (χ0n) is 9.38. The Morgan fingerprint density at radius 2 is 2.07 bits per heavy atom. The molecule has 0 aromatic heterocycles. The van der Waals surface area contributed by atoms with Gasteiger partial charge >= 0.3 is 5.97 Å². The van der Waals surface area contributed by atoms with E-state index >= 15 is 0 Å². The predicted octanol–water partition coefficient (Wildman–Crippen LogP) is 1.70. The average Bonchev–Trinajstić information content (AvgIpc) is 2.47. The minimum atomic E-state index is -0.376. The van der Waals surface area contributed by atoms with Gasteiger partial charge in [0.2, 0.25) is 0 Å². The van der Waals surface area contributed by atoms with Gasteiger partial charge < -0.3 is 10.5 Å². The second-order valence-corrected chi connectivity index (χ2v) is 5.07. The number of hydrogen-bond donors (Lipinski definition) is 1. The van der Waals surface area contributed by atoms with E-state index in [1.807, 2.05) is 20.8 Å². The second-order valence-electron chi connectivity index (χ2n) is 5.07. The number of carbonyl (C=O) groups excluding carboxylic acids is 1. The van der Waals surface area contributed by atoms with Crippen LogP contribution in [0.4, 0.5) is 0 Å². The Labute approximate surface area is 86.0 Å². The summed E-state index contributed by atoms with van der Waals surface area (Å²) in [5.74, 6) is 0.314. The van der Waals surface area contributed by atoms with Crippen molar-refractivity contribution in [3.05, 3.63) is 0 Å². The van der Waals surface area contributed by atoms with Gasteiger partial charge in [-0.1, -0.05) is 6.42 Å². The van der Waals surface area contributed by atoms with Crippen molar-refractivity contribution >= 4 is 5.97 Å². The Morgan fingerprint density at radius 1 is 1.43 bits per heavy atom. The molecule has 2 N–H and O–H groups in total. The zero-order valence-corrected chi connectivity index (χ0v) is 9.38. The quantitative estimate of drug-likeness (QED) is 0.689. The van der Waals surface area contributed by atoms with Gasteiger partial charge in [-0.05, 0) is 46.1 Å². The maximum atomic E-state index is 11.8. The van der Waals surface area contributed by atoms with Crippen LogP contribution in [0.25, 0.3) is 0 Å². The molecule has 0 radical (unpaired) electrons. The number of carbonyl (C=O) groups is 1. The molecular formula is C11H21NO2. The first-order valence-corrected chi connectivity index (χ1v) is 5.37. The van der Waals surface area contributed by atoms with Crippen LogP contribution in [0.5, 0.6) is 0 Å². The van der Waals surface area contributed by atoms with E-state index in [4.69, 9.17) is 10.5 Å². The molecule has 0 saturated heterocycles. The molecule has 1 rings (SSSR count). The molecule has 1 aliphatic carbocycles. The highest BCUT2D eigenvalue weighted by Gasteiger charge is 2.34. The van der Waals surface area contributed by atoms with E-state index in [-0.39, 0.29) is 17.5 Å². The van der Waals surface area contributed by atoms with Crippen molar-refractivity contribution in [1.82, 2.24) is 0 Å². The summed E-state index contributed by atoms with van der Waals surface area (Å²) in [5, 5.41) is 0. The average molecular weight is 199 g/mol. The molecule has 1 fully saturated rings. The fourth-order valence-corrected chi connectivity index (χ4v) is 2.01. The normalized spacial score (nSPS) is 27.7. The fraction of sp³-hybridized carbons (Fsp3) is 0.909. The van der Waals surface area contributed by atoms with Gasteiger partial charge in [0.1, 0.15) is 5.60 Å². The van der Waals surface area contributed by atoms with Gasteiger partial charge in [0, 0.05) is 0 Å². The third-order valence-corrected chi connectivity index (χ3v) is 2.67. The largest absolute Gasteiger partial charge is 0.460 e. The topological polar surface area (TPSA) is 52.3 Å². The Morgan fingerprint density at radius 3 is 2.57 bits per heavy atom. The van der Waals surface area contributed by atoms with Crippen molar-refractivity contribution in [3.63, 3.8) is 0 Å². The third kappa shape index (κ3) is 2.98. The van der Waals surface area contributed by atoms with Crippen molar-refractivity contribution in [2.24, 2.45) is 17.6 Å². The summed E-state index contributed by atoms with van der Waals surface area (Å²) < 4.78 is 5.36. The van der Waals surface area contributed by atoms with E-state index in [0.29, 0.717) is 12.5 Å². The summed E-state index contributed by atoms with van der Waals surface area (Å²) in [7, 11) is 0. The van der Waals surface area contributed by atoms with Crippen LogP contribution < -0.4 is 5.73 Å². The van der Waals surface area contributed by atoms with Gasteiger partial charge in [0.05, 0.1) is 5.92 Å². The van der Waals surface area contributed by atoms with Crippen molar-refractivity contribution < 1.29 is 9.53 Å². The van der Waals surface area contributed by atoms with Crippen LogP contribution in [0.3, 0.4) is 0 Å². The Kier molecular flexibility index (Phi) is 3.53. The highest BCUT2D eigenvalue weighted by molar-refractivity contribution is 5.73. The first-order chi connectivity index (χ1) is 6.44. The first kappa shape index (κ1) is 11.5. The predicted molar refractivity (Wildman–Crippen MR) is 55.7 cm³/mol. The van der Waals surface area contributed by atoms with Gasteiger partial charge in [-0.3, -0.25) is 4.79 Å². The highest BCUT2D eigenvalue weighted by atomic mass is 16.6. The van der Waals surface area contributed by atoms with Crippen LogP contribution in [0.1, 0.15) is 40.0 Å². The van der Waals surface area contributed by atoms with Crippen LogP contribution in [0, 0.1) is 11.8 Å². The maximum absolute atomic E-state index is 11.8. The molecule has 1 aliphatic rings. The van der Waals surface area contributed by atoms with E-state index in [2.05, 4.69) is 0 Å². The van der Waals surface area contributed by atoms with E-state index in [1.54, 1.807) is 0 Å². The second kappa shape index (κ2) is 4.30. The summed E-state index contributed by atoms with van der Waals surface area (Å²) in [6.07, 6.45) is 3.11. The van der Waals surface area contributed by atoms with Crippen LogP contribution in [0.2, 0.25) is 0 Å². The fourth-order valence-electron chi connectivity index (χ4n) is 2.01.